The van der Waals surface area contributed by atoms with Crippen LogP contribution in [0.3, 0.4) is 0 Å². The van der Waals surface area contributed by atoms with Crippen molar-refractivity contribution in [2.45, 2.75) is 58.2 Å². The number of pyridine rings is 1. The third-order valence-electron chi connectivity index (χ3n) is 6.19. The third-order valence-corrected chi connectivity index (χ3v) is 6.19. The van der Waals surface area contributed by atoms with Crippen LogP contribution in [-0.4, -0.2) is 29.1 Å². The maximum atomic E-state index is 13.3. The fourth-order valence-electron chi connectivity index (χ4n) is 4.36. The topological polar surface area (TPSA) is 74.4 Å². The van der Waals surface area contributed by atoms with Crippen LogP contribution in [0, 0.1) is 6.92 Å². The van der Waals surface area contributed by atoms with Crippen LogP contribution < -0.4 is 15.6 Å². The zero-order valence-electron chi connectivity index (χ0n) is 18.8. The molecule has 1 fully saturated rings. The molecule has 2 N–H and O–H groups in total. The van der Waals surface area contributed by atoms with Crippen molar-refractivity contribution in [3.05, 3.63) is 75.6 Å². The van der Waals surface area contributed by atoms with Crippen molar-refractivity contribution >= 4 is 16.9 Å². The Bertz CT molecular complexity index is 1130. The van der Waals surface area contributed by atoms with E-state index in [2.05, 4.69) is 10.3 Å². The second-order valence-corrected chi connectivity index (χ2v) is 8.70. The summed E-state index contributed by atoms with van der Waals surface area (Å²) in [6.45, 7) is 2.68. The highest BCUT2D eigenvalue weighted by atomic mass is 16.5. The molecule has 0 radical (unpaired) electrons. The van der Waals surface area contributed by atoms with Crippen LogP contribution in [-0.2, 0) is 13.1 Å². The molecule has 1 heterocycles. The molecule has 2 amide bonds. The number of amides is 2. The average Bonchev–Trinajstić information content (AvgIpc) is 2.80. The molecule has 0 bridgehead atoms. The molecule has 0 unspecified atom stereocenters. The Labute approximate surface area is 188 Å². The summed E-state index contributed by atoms with van der Waals surface area (Å²) >= 11 is 0. The van der Waals surface area contributed by atoms with Gasteiger partial charge in [0.1, 0.15) is 5.75 Å². The van der Waals surface area contributed by atoms with Crippen molar-refractivity contribution < 1.29 is 9.53 Å². The Balaban J connectivity index is 1.60. The smallest absolute Gasteiger partial charge is 0.318 e. The second kappa shape index (κ2) is 9.90. The lowest BCUT2D eigenvalue weighted by atomic mass is 9.96. The first-order valence-electron chi connectivity index (χ1n) is 11.3. The van der Waals surface area contributed by atoms with Gasteiger partial charge in [-0.05, 0) is 61.0 Å². The summed E-state index contributed by atoms with van der Waals surface area (Å²) in [4.78, 5) is 30.7. The first-order chi connectivity index (χ1) is 15.5. The minimum atomic E-state index is -0.161. The summed E-state index contributed by atoms with van der Waals surface area (Å²) in [6.07, 6.45) is 5.55. The molecule has 168 valence electrons. The number of rotatable bonds is 6. The maximum Gasteiger partial charge on any atom is 0.318 e. The van der Waals surface area contributed by atoms with Gasteiger partial charge in [0.15, 0.2) is 0 Å². The molecule has 1 saturated carbocycles. The minimum Gasteiger partial charge on any atom is -0.497 e. The number of benzene rings is 2. The van der Waals surface area contributed by atoms with Gasteiger partial charge < -0.3 is 19.9 Å². The zero-order valence-corrected chi connectivity index (χ0v) is 18.8. The van der Waals surface area contributed by atoms with Gasteiger partial charge in [-0.1, -0.05) is 43.0 Å². The van der Waals surface area contributed by atoms with Gasteiger partial charge in [-0.3, -0.25) is 4.79 Å². The fourth-order valence-corrected chi connectivity index (χ4v) is 4.36. The molecule has 2 aromatic carbocycles. The van der Waals surface area contributed by atoms with Gasteiger partial charge in [-0.2, -0.15) is 0 Å². The molecule has 0 aliphatic heterocycles. The number of carbonyl (C=O) groups excluding carboxylic acids is 1. The third kappa shape index (κ3) is 5.31. The molecule has 0 atom stereocenters. The van der Waals surface area contributed by atoms with Gasteiger partial charge in [-0.25, -0.2) is 4.79 Å². The van der Waals surface area contributed by atoms with Gasteiger partial charge in [0.2, 0.25) is 0 Å². The Kier molecular flexibility index (Phi) is 6.78. The number of nitrogens with one attached hydrogen (secondary N) is 2. The van der Waals surface area contributed by atoms with Gasteiger partial charge in [0.05, 0.1) is 13.7 Å². The number of hydrogen-bond donors (Lipinski definition) is 2. The van der Waals surface area contributed by atoms with Crippen molar-refractivity contribution in [2.75, 3.05) is 7.11 Å². The largest absolute Gasteiger partial charge is 0.497 e. The van der Waals surface area contributed by atoms with Crippen molar-refractivity contribution in [3.63, 3.8) is 0 Å². The highest BCUT2D eigenvalue weighted by Crippen LogP contribution is 2.20. The second-order valence-electron chi connectivity index (χ2n) is 8.70. The van der Waals surface area contributed by atoms with Gasteiger partial charge in [-0.15, -0.1) is 0 Å². The molecule has 6 nitrogen and oxygen atoms in total. The molecular weight excluding hydrogens is 402 g/mol. The van der Waals surface area contributed by atoms with Crippen LogP contribution in [0.25, 0.3) is 10.9 Å². The Hall–Kier alpha value is -3.28. The molecule has 4 rings (SSSR count). The summed E-state index contributed by atoms with van der Waals surface area (Å²) in [5.74, 6) is 0.772. The van der Waals surface area contributed by atoms with E-state index in [1.165, 1.54) is 6.42 Å². The maximum absolute atomic E-state index is 13.3. The minimum absolute atomic E-state index is 0.128. The van der Waals surface area contributed by atoms with Crippen LogP contribution >= 0.6 is 0 Å². The van der Waals surface area contributed by atoms with Crippen LogP contribution in [0.15, 0.2) is 53.3 Å². The van der Waals surface area contributed by atoms with E-state index in [0.29, 0.717) is 12.1 Å². The van der Waals surface area contributed by atoms with Crippen LogP contribution in [0.1, 0.15) is 48.8 Å². The summed E-state index contributed by atoms with van der Waals surface area (Å²) < 4.78 is 5.25. The molecule has 3 aromatic rings. The SMILES string of the molecule is COc1ccc(CN(Cc2cc3cc(C)ccc3[nH]c2=O)C(=O)NC2CCCCC2)cc1. The van der Waals surface area contributed by atoms with Crippen LogP contribution in [0.5, 0.6) is 5.75 Å². The number of carbonyl (C=O) groups is 1. The summed E-state index contributed by atoms with van der Waals surface area (Å²) in [5, 5.41) is 4.17. The van der Waals surface area contributed by atoms with Crippen LogP contribution in [0.2, 0.25) is 0 Å². The van der Waals surface area contributed by atoms with E-state index in [-0.39, 0.29) is 24.2 Å². The summed E-state index contributed by atoms with van der Waals surface area (Å²) in [7, 11) is 1.63. The lowest BCUT2D eigenvalue weighted by Gasteiger charge is -2.28. The highest BCUT2D eigenvalue weighted by molar-refractivity contribution is 5.80. The monoisotopic (exact) mass is 433 g/mol. The number of H-pyrrole nitrogens is 1. The van der Waals surface area contributed by atoms with E-state index < -0.39 is 0 Å². The zero-order chi connectivity index (χ0) is 22.5. The summed E-state index contributed by atoms with van der Waals surface area (Å²) in [5.41, 5.74) is 3.33. The van der Waals surface area contributed by atoms with Crippen molar-refractivity contribution in [2.24, 2.45) is 0 Å². The number of methoxy groups -OCH3 is 1. The molecule has 1 aliphatic rings. The lowest BCUT2D eigenvalue weighted by molar-refractivity contribution is 0.184. The van der Waals surface area contributed by atoms with Crippen molar-refractivity contribution in [1.82, 2.24) is 15.2 Å². The van der Waals surface area contributed by atoms with Gasteiger partial charge in [0, 0.05) is 23.7 Å². The van der Waals surface area contributed by atoms with E-state index in [4.69, 9.17) is 4.74 Å². The number of aromatic nitrogens is 1. The molecule has 1 aliphatic carbocycles. The number of ether oxygens (including phenoxy) is 1. The van der Waals surface area contributed by atoms with Crippen LogP contribution in [0.4, 0.5) is 4.79 Å². The van der Waals surface area contributed by atoms with Crippen molar-refractivity contribution in [3.8, 4) is 5.75 Å². The average molecular weight is 434 g/mol. The van der Waals surface area contributed by atoms with Gasteiger partial charge >= 0.3 is 6.03 Å². The highest BCUT2D eigenvalue weighted by Gasteiger charge is 2.21. The number of fused-ring (bicyclic) bond motifs is 1. The molecule has 0 saturated heterocycles. The molecule has 32 heavy (non-hydrogen) atoms. The first-order valence-corrected chi connectivity index (χ1v) is 11.3. The number of aromatic amines is 1. The van der Waals surface area contributed by atoms with Crippen molar-refractivity contribution in [1.29, 1.82) is 0 Å². The van der Waals surface area contributed by atoms with E-state index in [9.17, 15) is 9.59 Å². The standard InChI is InChI=1S/C26H31N3O3/c1-18-8-13-24-20(14-18)15-21(25(30)28-24)17-29(16-19-9-11-23(32-2)12-10-19)26(31)27-22-6-4-3-5-7-22/h8-15,22H,3-7,16-17H2,1-2H3,(H,27,31)(H,28,30). The van der Waals surface area contributed by atoms with E-state index >= 15 is 0 Å². The predicted octanol–water partition coefficient (Wildman–Crippen LogP) is 4.89. The van der Waals surface area contributed by atoms with E-state index in [0.717, 1.165) is 53.5 Å². The first kappa shape index (κ1) is 21.9. The van der Waals surface area contributed by atoms with E-state index in [1.807, 2.05) is 55.5 Å². The lowest BCUT2D eigenvalue weighted by Crippen LogP contribution is -2.45. The quantitative estimate of drug-likeness (QED) is 0.581. The number of urea groups is 1. The fraction of sp³-hybridized carbons (Fsp3) is 0.385. The Morgan fingerprint density at radius 1 is 1.06 bits per heavy atom. The number of nitrogens with zero attached hydrogens (tertiary/aromatic N) is 1. The number of aryl methyl sites for hydroxylation is 1. The molecule has 6 heteroatoms. The molecule has 1 aromatic heterocycles. The molecule has 0 spiro atoms. The molecular formula is C26H31N3O3. The normalized spacial score (nSPS) is 14.3. The Morgan fingerprint density at radius 3 is 2.53 bits per heavy atom. The predicted molar refractivity (Wildman–Crippen MR) is 127 cm³/mol. The van der Waals surface area contributed by atoms with E-state index in [1.54, 1.807) is 12.0 Å². The summed E-state index contributed by atoms with van der Waals surface area (Å²) in [6, 6.07) is 15.6. The number of hydrogen-bond acceptors (Lipinski definition) is 3. The Morgan fingerprint density at radius 2 is 1.81 bits per heavy atom. The van der Waals surface area contributed by atoms with Gasteiger partial charge in [0.25, 0.3) is 5.56 Å².